The van der Waals surface area contributed by atoms with Gasteiger partial charge in [-0.25, -0.2) is 4.79 Å². The van der Waals surface area contributed by atoms with E-state index in [1.54, 1.807) is 0 Å². The molecular formula is C24H34N2O3S. The van der Waals surface area contributed by atoms with E-state index in [0.717, 1.165) is 50.1 Å². The van der Waals surface area contributed by atoms with Crippen LogP contribution in [0.15, 0.2) is 6.07 Å². The number of nitrogens with zero attached hydrogens (tertiary/aromatic N) is 1. The number of carbonyl (C=O) groups is 2. The van der Waals surface area contributed by atoms with Gasteiger partial charge < -0.3 is 15.0 Å². The molecule has 1 amide bonds. The van der Waals surface area contributed by atoms with Crippen LogP contribution in [0, 0.1) is 29.1 Å². The van der Waals surface area contributed by atoms with Crippen LogP contribution in [0.3, 0.4) is 0 Å². The van der Waals surface area contributed by atoms with Crippen molar-refractivity contribution in [1.82, 2.24) is 5.32 Å². The van der Waals surface area contributed by atoms with Crippen LogP contribution in [0.25, 0.3) is 0 Å². The maximum atomic E-state index is 13.7. The Balaban J connectivity index is 2.00. The minimum absolute atomic E-state index is 0.0244. The number of amides is 1. The Bertz CT molecular complexity index is 829. The van der Waals surface area contributed by atoms with Gasteiger partial charge in [0.1, 0.15) is 4.88 Å². The first-order valence-corrected chi connectivity index (χ1v) is 11.8. The van der Waals surface area contributed by atoms with Crippen LogP contribution < -0.4 is 10.2 Å². The normalized spacial score (nSPS) is 24.1. The van der Waals surface area contributed by atoms with E-state index in [2.05, 4.69) is 44.9 Å². The molecule has 30 heavy (non-hydrogen) atoms. The summed E-state index contributed by atoms with van der Waals surface area (Å²) in [5, 5.41) is 3.37. The lowest BCUT2D eigenvalue weighted by atomic mass is 9.82. The van der Waals surface area contributed by atoms with Crippen molar-refractivity contribution >= 4 is 28.9 Å². The number of carbonyl (C=O) groups excluding carboxylic acids is 2. The number of esters is 1. The molecular weight excluding hydrogens is 396 g/mol. The Kier molecular flexibility index (Phi) is 7.26. The lowest BCUT2D eigenvalue weighted by Gasteiger charge is -2.34. The van der Waals surface area contributed by atoms with Gasteiger partial charge in [-0.2, -0.15) is 0 Å². The highest BCUT2D eigenvalue weighted by Gasteiger charge is 2.37. The third-order valence-electron chi connectivity index (χ3n) is 5.91. The maximum absolute atomic E-state index is 13.7. The van der Waals surface area contributed by atoms with Gasteiger partial charge in [-0.3, -0.25) is 4.79 Å². The molecule has 1 aromatic rings. The topological polar surface area (TPSA) is 58.6 Å². The fourth-order valence-electron chi connectivity index (χ4n) is 4.17. The largest absolute Gasteiger partial charge is 0.465 e. The predicted octanol–water partition coefficient (Wildman–Crippen LogP) is 4.45. The van der Waals surface area contributed by atoms with E-state index in [0.29, 0.717) is 16.5 Å². The molecule has 2 fully saturated rings. The van der Waals surface area contributed by atoms with Gasteiger partial charge in [0.15, 0.2) is 0 Å². The molecule has 1 aliphatic carbocycles. The minimum atomic E-state index is -0.403. The Hall–Kier alpha value is -1.84. The van der Waals surface area contributed by atoms with E-state index < -0.39 is 5.97 Å². The van der Waals surface area contributed by atoms with Crippen LogP contribution in [0.5, 0.6) is 0 Å². The lowest BCUT2D eigenvalue weighted by molar-refractivity contribution is -0.124. The molecule has 3 rings (SSSR count). The first-order chi connectivity index (χ1) is 14.2. The zero-order valence-electron chi connectivity index (χ0n) is 18.8. The predicted molar refractivity (Wildman–Crippen MR) is 122 cm³/mol. The van der Waals surface area contributed by atoms with Crippen molar-refractivity contribution in [3.63, 3.8) is 0 Å². The molecule has 5 nitrogen and oxygen atoms in total. The Morgan fingerprint density at radius 3 is 2.47 bits per heavy atom. The molecule has 1 unspecified atom stereocenters. The van der Waals surface area contributed by atoms with Gasteiger partial charge in [0, 0.05) is 17.9 Å². The first kappa shape index (κ1) is 22.8. The van der Waals surface area contributed by atoms with Crippen molar-refractivity contribution in [1.29, 1.82) is 0 Å². The lowest BCUT2D eigenvalue weighted by Crippen LogP contribution is -2.46. The summed E-state index contributed by atoms with van der Waals surface area (Å²) in [6, 6.07) is 1.97. The van der Waals surface area contributed by atoms with Crippen LogP contribution in [-0.4, -0.2) is 38.1 Å². The van der Waals surface area contributed by atoms with Gasteiger partial charge >= 0.3 is 5.97 Å². The first-order valence-electron chi connectivity index (χ1n) is 11.0. The summed E-state index contributed by atoms with van der Waals surface area (Å²) in [5.74, 6) is 6.89. The van der Waals surface area contributed by atoms with Crippen molar-refractivity contribution in [2.75, 3.05) is 25.1 Å². The van der Waals surface area contributed by atoms with Gasteiger partial charge in [-0.15, -0.1) is 11.3 Å². The van der Waals surface area contributed by atoms with Gasteiger partial charge in [0.2, 0.25) is 5.91 Å². The highest BCUT2D eigenvalue weighted by Crippen LogP contribution is 2.37. The van der Waals surface area contributed by atoms with Crippen LogP contribution in [0.4, 0.5) is 5.69 Å². The molecule has 0 bridgehead atoms. The minimum Gasteiger partial charge on any atom is -0.465 e. The quantitative estimate of drug-likeness (QED) is 0.566. The van der Waals surface area contributed by atoms with Crippen LogP contribution in [0.2, 0.25) is 0 Å². The fraction of sp³-hybridized carbons (Fsp3) is 0.667. The van der Waals surface area contributed by atoms with E-state index in [-0.39, 0.29) is 23.3 Å². The summed E-state index contributed by atoms with van der Waals surface area (Å²) < 4.78 is 5.06. The van der Waals surface area contributed by atoms with Gasteiger partial charge in [-0.05, 0) is 71.4 Å². The molecule has 0 spiro atoms. The van der Waals surface area contributed by atoms with Crippen molar-refractivity contribution < 1.29 is 14.3 Å². The van der Waals surface area contributed by atoms with E-state index in [1.165, 1.54) is 18.4 Å². The van der Waals surface area contributed by atoms with Gasteiger partial charge in [-0.1, -0.05) is 18.8 Å². The Labute approximate surface area is 184 Å². The molecule has 1 atom stereocenters. The van der Waals surface area contributed by atoms with Gasteiger partial charge in [0.05, 0.1) is 23.7 Å². The number of ether oxygens (including phenoxy) is 1. The van der Waals surface area contributed by atoms with E-state index >= 15 is 0 Å². The smallest absolute Gasteiger partial charge is 0.350 e. The third kappa shape index (κ3) is 5.44. The second-order valence-corrected chi connectivity index (χ2v) is 10.7. The van der Waals surface area contributed by atoms with Crippen molar-refractivity contribution in [2.45, 2.75) is 65.8 Å². The number of methoxy groups -OCH3 is 1. The van der Waals surface area contributed by atoms with E-state index in [1.807, 2.05) is 11.0 Å². The Morgan fingerprint density at radius 1 is 1.20 bits per heavy atom. The molecule has 1 aliphatic heterocycles. The van der Waals surface area contributed by atoms with Gasteiger partial charge in [0.25, 0.3) is 0 Å². The summed E-state index contributed by atoms with van der Waals surface area (Å²) in [5.41, 5.74) is 0.529. The molecule has 6 heteroatoms. The molecule has 164 valence electrons. The second-order valence-electron chi connectivity index (χ2n) is 9.63. The summed E-state index contributed by atoms with van der Waals surface area (Å²) in [4.78, 5) is 29.5. The highest BCUT2D eigenvalue weighted by atomic mass is 32.1. The monoisotopic (exact) mass is 430 g/mol. The number of hydrogen-bond donors (Lipinski definition) is 1. The SMILES string of the molecule is COC(=O)c1sc(C#CC(C)(C)C)cc1N(C(=O)C1CCC(C)CC1)C1CCNC1. The third-order valence-corrected chi connectivity index (χ3v) is 6.93. The fourth-order valence-corrected chi connectivity index (χ4v) is 5.09. The Morgan fingerprint density at radius 2 is 1.90 bits per heavy atom. The standard InChI is InChI=1S/C24H34N2O3S/c1-16-6-8-17(9-7-16)22(27)26(18-11-13-25-15-18)20-14-19(10-12-24(2,3)4)30-21(20)23(28)29-5/h14,16-18,25H,6-9,11,13,15H2,1-5H3. The van der Waals surface area contributed by atoms with Crippen molar-refractivity contribution in [2.24, 2.45) is 17.3 Å². The number of anilines is 1. The zero-order chi connectivity index (χ0) is 21.9. The molecule has 1 saturated heterocycles. The van der Waals surface area contributed by atoms with Crippen LogP contribution in [0.1, 0.15) is 74.3 Å². The second kappa shape index (κ2) is 9.53. The van der Waals surface area contributed by atoms with Crippen molar-refractivity contribution in [3.05, 3.63) is 15.8 Å². The molecule has 1 saturated carbocycles. The average Bonchev–Trinajstić information content (AvgIpc) is 3.37. The molecule has 1 N–H and O–H groups in total. The van der Waals surface area contributed by atoms with Crippen LogP contribution >= 0.6 is 11.3 Å². The summed E-state index contributed by atoms with van der Waals surface area (Å²) in [6.45, 7) is 10.0. The maximum Gasteiger partial charge on any atom is 0.350 e. The molecule has 0 aromatic carbocycles. The summed E-state index contributed by atoms with van der Waals surface area (Å²) in [7, 11) is 1.39. The molecule has 1 aromatic heterocycles. The summed E-state index contributed by atoms with van der Waals surface area (Å²) in [6.07, 6.45) is 4.90. The van der Waals surface area contributed by atoms with Crippen LogP contribution in [-0.2, 0) is 9.53 Å². The van der Waals surface area contributed by atoms with Crippen molar-refractivity contribution in [3.8, 4) is 11.8 Å². The molecule has 2 heterocycles. The molecule has 0 radical (unpaired) electrons. The van der Waals surface area contributed by atoms with E-state index in [9.17, 15) is 9.59 Å². The molecule has 2 aliphatic rings. The number of rotatable bonds is 4. The highest BCUT2D eigenvalue weighted by molar-refractivity contribution is 7.15. The number of nitrogens with one attached hydrogen (secondary N) is 1. The van der Waals surface area contributed by atoms with E-state index in [4.69, 9.17) is 4.74 Å². The number of hydrogen-bond acceptors (Lipinski definition) is 5. The zero-order valence-corrected chi connectivity index (χ0v) is 19.7. The summed E-state index contributed by atoms with van der Waals surface area (Å²) >= 11 is 1.32. The average molecular weight is 431 g/mol. The number of thiophene rings is 1.